The van der Waals surface area contributed by atoms with Crippen LogP contribution < -0.4 is 5.69 Å². The van der Waals surface area contributed by atoms with E-state index in [9.17, 15) is 4.79 Å². The monoisotopic (exact) mass is 246 g/mol. The van der Waals surface area contributed by atoms with Crippen molar-refractivity contribution in [2.75, 3.05) is 0 Å². The number of fused-ring (bicyclic) bond motifs is 1. The number of nitrogens with one attached hydrogen (secondary N) is 1. The van der Waals surface area contributed by atoms with E-state index in [2.05, 4.69) is 28.8 Å². The minimum absolute atomic E-state index is 0.128. The van der Waals surface area contributed by atoms with E-state index >= 15 is 0 Å². The summed E-state index contributed by atoms with van der Waals surface area (Å²) in [6, 6.07) is 0.168. The number of H-pyrrole nitrogens is 1. The Labute approximate surface area is 106 Å². The minimum atomic E-state index is -0.128. The molecule has 0 aliphatic rings. The van der Waals surface area contributed by atoms with Gasteiger partial charge in [0.2, 0.25) is 0 Å². The zero-order valence-electron chi connectivity index (χ0n) is 11.0. The van der Waals surface area contributed by atoms with Crippen molar-refractivity contribution in [1.29, 1.82) is 0 Å². The van der Waals surface area contributed by atoms with E-state index in [0.717, 1.165) is 18.5 Å². The molecule has 2 rings (SSSR count). The Hall–Kier alpha value is -1.91. The molecule has 2 aromatic heterocycles. The molecule has 0 saturated heterocycles. The summed E-state index contributed by atoms with van der Waals surface area (Å²) in [5, 5.41) is 0. The SMILES string of the molecule is C/C=C/c1cnc2[nH]c(=O)n(C(CC)CC)c2n1. The van der Waals surface area contributed by atoms with Crippen molar-refractivity contribution in [2.24, 2.45) is 0 Å². The lowest BCUT2D eigenvalue weighted by Gasteiger charge is -2.13. The number of rotatable bonds is 4. The highest BCUT2D eigenvalue weighted by Gasteiger charge is 2.15. The first-order valence-corrected chi connectivity index (χ1v) is 6.31. The Balaban J connectivity index is 2.67. The molecule has 0 aromatic carbocycles. The van der Waals surface area contributed by atoms with Crippen molar-refractivity contribution < 1.29 is 0 Å². The molecular formula is C13H18N4O. The van der Waals surface area contributed by atoms with Crippen LogP contribution in [0.25, 0.3) is 17.4 Å². The number of imidazole rings is 1. The summed E-state index contributed by atoms with van der Waals surface area (Å²) in [5.41, 5.74) is 1.84. The van der Waals surface area contributed by atoms with Crippen molar-refractivity contribution in [3.63, 3.8) is 0 Å². The predicted molar refractivity (Wildman–Crippen MR) is 72.5 cm³/mol. The predicted octanol–water partition coefficient (Wildman–Crippen LogP) is 2.51. The van der Waals surface area contributed by atoms with Gasteiger partial charge in [-0.15, -0.1) is 0 Å². The van der Waals surface area contributed by atoms with Crippen LogP contribution in [0.4, 0.5) is 0 Å². The van der Waals surface area contributed by atoms with Crippen LogP contribution in [0.5, 0.6) is 0 Å². The lowest BCUT2D eigenvalue weighted by molar-refractivity contribution is 0.469. The number of hydrogen-bond donors (Lipinski definition) is 1. The van der Waals surface area contributed by atoms with Crippen LogP contribution in [0.15, 0.2) is 17.1 Å². The maximum Gasteiger partial charge on any atom is 0.329 e. The molecule has 0 bridgehead atoms. The third-order valence-corrected chi connectivity index (χ3v) is 3.09. The van der Waals surface area contributed by atoms with Gasteiger partial charge in [0.25, 0.3) is 0 Å². The molecule has 0 aliphatic heterocycles. The van der Waals surface area contributed by atoms with Gasteiger partial charge in [-0.2, -0.15) is 0 Å². The second-order valence-electron chi connectivity index (χ2n) is 4.24. The smallest absolute Gasteiger partial charge is 0.289 e. The average Bonchev–Trinajstić information content (AvgIpc) is 2.68. The summed E-state index contributed by atoms with van der Waals surface area (Å²) < 4.78 is 1.72. The Morgan fingerprint density at radius 2 is 2.17 bits per heavy atom. The lowest BCUT2D eigenvalue weighted by Crippen LogP contribution is -2.21. The van der Waals surface area contributed by atoms with Gasteiger partial charge in [0, 0.05) is 6.04 Å². The van der Waals surface area contributed by atoms with E-state index in [-0.39, 0.29) is 11.7 Å². The van der Waals surface area contributed by atoms with Crippen LogP contribution in [0.1, 0.15) is 45.3 Å². The van der Waals surface area contributed by atoms with Crippen LogP contribution in [-0.2, 0) is 0 Å². The number of aromatic amines is 1. The molecule has 1 N–H and O–H groups in total. The van der Waals surface area contributed by atoms with Crippen molar-refractivity contribution in [3.8, 4) is 0 Å². The fraction of sp³-hybridized carbons (Fsp3) is 0.462. The maximum absolute atomic E-state index is 12.0. The number of aromatic nitrogens is 4. The third-order valence-electron chi connectivity index (χ3n) is 3.09. The summed E-state index contributed by atoms with van der Waals surface area (Å²) in [6.45, 7) is 6.07. The number of nitrogens with zero attached hydrogens (tertiary/aromatic N) is 3. The summed E-state index contributed by atoms with van der Waals surface area (Å²) in [7, 11) is 0. The van der Waals surface area contributed by atoms with Gasteiger partial charge in [0.05, 0.1) is 11.9 Å². The maximum atomic E-state index is 12.0. The average molecular weight is 246 g/mol. The number of hydrogen-bond acceptors (Lipinski definition) is 3. The molecule has 5 nitrogen and oxygen atoms in total. The number of allylic oxidation sites excluding steroid dienone is 1. The summed E-state index contributed by atoms with van der Waals surface area (Å²) in [6.07, 6.45) is 7.25. The molecule has 0 atom stereocenters. The van der Waals surface area contributed by atoms with E-state index in [1.807, 2.05) is 19.1 Å². The standard InChI is InChI=1S/C13H18N4O/c1-4-7-9-8-14-11-12(15-9)17(13(18)16-11)10(5-2)6-3/h4,7-8,10H,5-6H2,1-3H3,(H,14,16,18)/b7-4+. The fourth-order valence-corrected chi connectivity index (χ4v) is 2.15. The van der Waals surface area contributed by atoms with Gasteiger partial charge in [0.1, 0.15) is 0 Å². The molecule has 0 spiro atoms. The minimum Gasteiger partial charge on any atom is -0.289 e. The quantitative estimate of drug-likeness (QED) is 0.901. The van der Waals surface area contributed by atoms with Crippen molar-refractivity contribution in [2.45, 2.75) is 39.7 Å². The van der Waals surface area contributed by atoms with Crippen LogP contribution in [-0.4, -0.2) is 19.5 Å². The van der Waals surface area contributed by atoms with Crippen molar-refractivity contribution in [1.82, 2.24) is 19.5 Å². The Morgan fingerprint density at radius 1 is 1.44 bits per heavy atom. The third kappa shape index (κ3) is 2.08. The van der Waals surface area contributed by atoms with Gasteiger partial charge < -0.3 is 0 Å². The first-order chi connectivity index (χ1) is 8.71. The van der Waals surface area contributed by atoms with E-state index < -0.39 is 0 Å². The molecule has 2 heterocycles. The van der Waals surface area contributed by atoms with Gasteiger partial charge in [-0.05, 0) is 25.8 Å². The second-order valence-corrected chi connectivity index (χ2v) is 4.24. The van der Waals surface area contributed by atoms with Gasteiger partial charge in [-0.25, -0.2) is 14.8 Å². The van der Waals surface area contributed by atoms with Crippen LogP contribution in [0.3, 0.4) is 0 Å². The highest BCUT2D eigenvalue weighted by Crippen LogP contribution is 2.17. The van der Waals surface area contributed by atoms with Gasteiger partial charge in [0.15, 0.2) is 11.3 Å². The van der Waals surface area contributed by atoms with Crippen LogP contribution in [0.2, 0.25) is 0 Å². The van der Waals surface area contributed by atoms with Crippen LogP contribution >= 0.6 is 0 Å². The highest BCUT2D eigenvalue weighted by atomic mass is 16.1. The molecule has 2 aromatic rings. The van der Waals surface area contributed by atoms with Crippen molar-refractivity contribution in [3.05, 3.63) is 28.5 Å². The molecule has 0 fully saturated rings. The van der Waals surface area contributed by atoms with Gasteiger partial charge >= 0.3 is 5.69 Å². The molecule has 0 aliphatic carbocycles. The van der Waals surface area contributed by atoms with Crippen molar-refractivity contribution >= 4 is 17.4 Å². The van der Waals surface area contributed by atoms with E-state index in [1.54, 1.807) is 10.8 Å². The molecule has 5 heteroatoms. The second kappa shape index (κ2) is 5.16. The van der Waals surface area contributed by atoms with E-state index in [4.69, 9.17) is 0 Å². The molecular weight excluding hydrogens is 228 g/mol. The first kappa shape index (κ1) is 12.5. The fourth-order valence-electron chi connectivity index (χ4n) is 2.15. The summed E-state index contributed by atoms with van der Waals surface area (Å²) in [5.74, 6) is 0. The summed E-state index contributed by atoms with van der Waals surface area (Å²) >= 11 is 0. The molecule has 0 radical (unpaired) electrons. The molecule has 96 valence electrons. The molecule has 0 amide bonds. The van der Waals surface area contributed by atoms with Gasteiger partial charge in [-0.3, -0.25) is 9.55 Å². The van der Waals surface area contributed by atoms with E-state index in [0.29, 0.717) is 11.3 Å². The Kier molecular flexibility index (Phi) is 3.60. The largest absolute Gasteiger partial charge is 0.329 e. The highest BCUT2D eigenvalue weighted by molar-refractivity contribution is 5.67. The van der Waals surface area contributed by atoms with E-state index in [1.165, 1.54) is 0 Å². The Morgan fingerprint density at radius 3 is 2.78 bits per heavy atom. The topological polar surface area (TPSA) is 63.6 Å². The lowest BCUT2D eigenvalue weighted by atomic mass is 10.2. The van der Waals surface area contributed by atoms with Gasteiger partial charge in [-0.1, -0.05) is 19.9 Å². The molecule has 0 unspecified atom stereocenters. The molecule has 18 heavy (non-hydrogen) atoms. The summed E-state index contributed by atoms with van der Waals surface area (Å²) in [4.78, 5) is 23.5. The normalized spacial score (nSPS) is 12.0. The Bertz CT molecular complexity index is 619. The van der Waals surface area contributed by atoms with Crippen LogP contribution in [0, 0.1) is 0 Å². The molecule has 0 saturated carbocycles. The first-order valence-electron chi connectivity index (χ1n) is 6.31. The zero-order valence-corrected chi connectivity index (χ0v) is 11.0. The zero-order chi connectivity index (χ0) is 13.1.